The predicted molar refractivity (Wildman–Crippen MR) is 55.7 cm³/mol. The third kappa shape index (κ3) is 3.67. The van der Waals surface area contributed by atoms with Crippen LogP contribution in [0.15, 0.2) is 6.33 Å². The highest BCUT2D eigenvalue weighted by Gasteiger charge is 2.08. The summed E-state index contributed by atoms with van der Waals surface area (Å²) in [6.07, 6.45) is 2.05. The molecule has 1 heterocycles. The lowest BCUT2D eigenvalue weighted by Gasteiger charge is -2.08. The molecular weight excluding hydrogens is 194 g/mol. The maximum atomic E-state index is 11.4. The highest BCUT2D eigenvalue weighted by atomic mass is 16.1. The monoisotopic (exact) mass is 211 g/mol. The minimum absolute atomic E-state index is 0.00375. The molecule has 0 spiro atoms. The SMILES string of the molecule is CC(CN)CC(=O)NCc1nncn1C. The minimum Gasteiger partial charge on any atom is -0.349 e. The molecule has 6 nitrogen and oxygen atoms in total. The van der Waals surface area contributed by atoms with Crippen LogP contribution in [0.1, 0.15) is 19.2 Å². The fourth-order valence-electron chi connectivity index (χ4n) is 1.12. The van der Waals surface area contributed by atoms with Crippen LogP contribution in [0.3, 0.4) is 0 Å². The average Bonchev–Trinajstić information content (AvgIpc) is 2.61. The van der Waals surface area contributed by atoms with Gasteiger partial charge in [0.1, 0.15) is 6.33 Å². The third-order valence-corrected chi connectivity index (χ3v) is 2.19. The van der Waals surface area contributed by atoms with E-state index in [1.807, 2.05) is 14.0 Å². The van der Waals surface area contributed by atoms with Crippen molar-refractivity contribution >= 4 is 5.91 Å². The Balaban J connectivity index is 2.31. The number of amides is 1. The Hall–Kier alpha value is -1.43. The second-order valence-corrected chi connectivity index (χ2v) is 3.68. The van der Waals surface area contributed by atoms with Crippen molar-refractivity contribution in [3.05, 3.63) is 12.2 Å². The summed E-state index contributed by atoms with van der Waals surface area (Å²) in [5.74, 6) is 0.948. The summed E-state index contributed by atoms with van der Waals surface area (Å²) in [5, 5.41) is 10.4. The Morgan fingerprint density at radius 3 is 3.00 bits per heavy atom. The minimum atomic E-state index is -0.00375. The first-order valence-electron chi connectivity index (χ1n) is 4.93. The second kappa shape index (κ2) is 5.45. The molecule has 0 saturated heterocycles. The molecule has 0 aliphatic rings. The number of aryl methyl sites for hydroxylation is 1. The molecule has 1 rings (SSSR count). The molecule has 1 amide bonds. The number of hydrogen-bond donors (Lipinski definition) is 2. The molecule has 84 valence electrons. The fraction of sp³-hybridized carbons (Fsp3) is 0.667. The van der Waals surface area contributed by atoms with Crippen LogP contribution in [0.25, 0.3) is 0 Å². The second-order valence-electron chi connectivity index (χ2n) is 3.68. The summed E-state index contributed by atoms with van der Waals surface area (Å²) >= 11 is 0. The lowest BCUT2D eigenvalue weighted by Crippen LogP contribution is -2.27. The van der Waals surface area contributed by atoms with E-state index in [2.05, 4.69) is 15.5 Å². The van der Waals surface area contributed by atoms with Gasteiger partial charge in [-0.2, -0.15) is 0 Å². The molecule has 0 aromatic carbocycles. The Kier molecular flexibility index (Phi) is 4.23. The topological polar surface area (TPSA) is 85.8 Å². The molecular formula is C9H17N5O. The van der Waals surface area contributed by atoms with E-state index in [1.54, 1.807) is 10.9 Å². The summed E-state index contributed by atoms with van der Waals surface area (Å²) in [7, 11) is 1.84. The van der Waals surface area contributed by atoms with Crippen molar-refractivity contribution in [1.82, 2.24) is 20.1 Å². The van der Waals surface area contributed by atoms with Crippen LogP contribution >= 0.6 is 0 Å². The molecule has 1 unspecified atom stereocenters. The van der Waals surface area contributed by atoms with Gasteiger partial charge in [0.25, 0.3) is 0 Å². The van der Waals surface area contributed by atoms with Crippen LogP contribution in [-0.4, -0.2) is 27.2 Å². The quantitative estimate of drug-likeness (QED) is 0.682. The van der Waals surface area contributed by atoms with Crippen LogP contribution in [0.5, 0.6) is 0 Å². The average molecular weight is 211 g/mol. The molecule has 0 radical (unpaired) electrons. The molecule has 1 atom stereocenters. The van der Waals surface area contributed by atoms with Crippen LogP contribution in [0.2, 0.25) is 0 Å². The van der Waals surface area contributed by atoms with E-state index in [9.17, 15) is 4.79 Å². The molecule has 1 aromatic rings. The Bertz CT molecular complexity index is 322. The van der Waals surface area contributed by atoms with Gasteiger partial charge in [-0.25, -0.2) is 0 Å². The van der Waals surface area contributed by atoms with Crippen LogP contribution in [0.4, 0.5) is 0 Å². The van der Waals surface area contributed by atoms with E-state index in [1.165, 1.54) is 0 Å². The maximum absolute atomic E-state index is 11.4. The van der Waals surface area contributed by atoms with Crippen molar-refractivity contribution in [2.75, 3.05) is 6.54 Å². The van der Waals surface area contributed by atoms with Crippen molar-refractivity contribution in [3.8, 4) is 0 Å². The van der Waals surface area contributed by atoms with Gasteiger partial charge in [0, 0.05) is 13.5 Å². The van der Waals surface area contributed by atoms with Gasteiger partial charge in [0.2, 0.25) is 5.91 Å². The highest BCUT2D eigenvalue weighted by Crippen LogP contribution is 1.98. The zero-order chi connectivity index (χ0) is 11.3. The summed E-state index contributed by atoms with van der Waals surface area (Å²) in [6, 6.07) is 0. The number of carbonyl (C=O) groups excluding carboxylic acids is 1. The molecule has 6 heteroatoms. The van der Waals surface area contributed by atoms with E-state index in [0.29, 0.717) is 19.5 Å². The largest absolute Gasteiger partial charge is 0.349 e. The number of rotatable bonds is 5. The van der Waals surface area contributed by atoms with Gasteiger partial charge >= 0.3 is 0 Å². The van der Waals surface area contributed by atoms with Crippen molar-refractivity contribution in [1.29, 1.82) is 0 Å². The molecule has 1 aromatic heterocycles. The van der Waals surface area contributed by atoms with Crippen molar-refractivity contribution in [2.24, 2.45) is 18.7 Å². The van der Waals surface area contributed by atoms with Crippen molar-refractivity contribution in [3.63, 3.8) is 0 Å². The molecule has 0 bridgehead atoms. The summed E-state index contributed by atoms with van der Waals surface area (Å²) < 4.78 is 1.77. The summed E-state index contributed by atoms with van der Waals surface area (Å²) in [4.78, 5) is 11.4. The molecule has 0 saturated carbocycles. The first-order chi connectivity index (χ1) is 7.13. The smallest absolute Gasteiger partial charge is 0.220 e. The molecule has 0 fully saturated rings. The lowest BCUT2D eigenvalue weighted by molar-refractivity contribution is -0.122. The van der Waals surface area contributed by atoms with Gasteiger partial charge in [-0.3, -0.25) is 4.79 Å². The van der Waals surface area contributed by atoms with Crippen LogP contribution < -0.4 is 11.1 Å². The number of aromatic nitrogens is 3. The number of carbonyl (C=O) groups is 1. The van der Waals surface area contributed by atoms with Gasteiger partial charge in [0.15, 0.2) is 5.82 Å². The molecule has 0 aliphatic heterocycles. The van der Waals surface area contributed by atoms with Gasteiger partial charge in [0.05, 0.1) is 6.54 Å². The first-order valence-corrected chi connectivity index (χ1v) is 4.93. The van der Waals surface area contributed by atoms with E-state index >= 15 is 0 Å². The van der Waals surface area contributed by atoms with Gasteiger partial charge in [-0.1, -0.05) is 6.92 Å². The van der Waals surface area contributed by atoms with E-state index in [4.69, 9.17) is 5.73 Å². The zero-order valence-electron chi connectivity index (χ0n) is 9.10. The third-order valence-electron chi connectivity index (χ3n) is 2.19. The van der Waals surface area contributed by atoms with Crippen molar-refractivity contribution < 1.29 is 4.79 Å². The summed E-state index contributed by atoms with van der Waals surface area (Å²) in [6.45, 7) is 2.88. The maximum Gasteiger partial charge on any atom is 0.220 e. The Morgan fingerprint density at radius 1 is 1.73 bits per heavy atom. The zero-order valence-corrected chi connectivity index (χ0v) is 9.10. The standard InChI is InChI=1S/C9H17N5O/c1-7(4-10)3-9(15)11-5-8-13-12-6-14(8)2/h6-7H,3-5,10H2,1-2H3,(H,11,15). The normalized spacial score (nSPS) is 12.5. The molecule has 15 heavy (non-hydrogen) atoms. The lowest BCUT2D eigenvalue weighted by atomic mass is 10.1. The van der Waals surface area contributed by atoms with Gasteiger partial charge < -0.3 is 15.6 Å². The Labute approximate surface area is 88.9 Å². The van der Waals surface area contributed by atoms with E-state index in [-0.39, 0.29) is 11.8 Å². The van der Waals surface area contributed by atoms with Crippen LogP contribution in [-0.2, 0) is 18.4 Å². The number of nitrogens with zero attached hydrogens (tertiary/aromatic N) is 3. The van der Waals surface area contributed by atoms with E-state index in [0.717, 1.165) is 5.82 Å². The van der Waals surface area contributed by atoms with Gasteiger partial charge in [-0.15, -0.1) is 10.2 Å². The predicted octanol–water partition coefficient (Wildman–Crippen LogP) is -0.584. The Morgan fingerprint density at radius 2 is 2.47 bits per heavy atom. The number of nitrogens with two attached hydrogens (primary N) is 1. The molecule has 0 aliphatic carbocycles. The number of nitrogens with one attached hydrogen (secondary N) is 1. The highest BCUT2D eigenvalue weighted by molar-refractivity contribution is 5.76. The van der Waals surface area contributed by atoms with Gasteiger partial charge in [-0.05, 0) is 12.5 Å². The molecule has 3 N–H and O–H groups in total. The first kappa shape index (κ1) is 11.6. The van der Waals surface area contributed by atoms with Crippen molar-refractivity contribution in [2.45, 2.75) is 19.9 Å². The summed E-state index contributed by atoms with van der Waals surface area (Å²) in [5.41, 5.74) is 5.43. The fourth-order valence-corrected chi connectivity index (χ4v) is 1.12. The van der Waals surface area contributed by atoms with Crippen LogP contribution in [0, 0.1) is 5.92 Å². The van der Waals surface area contributed by atoms with E-state index < -0.39 is 0 Å². The number of hydrogen-bond acceptors (Lipinski definition) is 4.